The minimum Gasteiger partial charge on any atom is -0.242 e. The first kappa shape index (κ1) is 17.2. The van der Waals surface area contributed by atoms with E-state index in [0.717, 1.165) is 12.1 Å². The van der Waals surface area contributed by atoms with Crippen molar-refractivity contribution in [2.45, 2.75) is 51.6 Å². The average Bonchev–Trinajstić information content (AvgIpc) is 2.25. The van der Waals surface area contributed by atoms with E-state index in [-0.39, 0.29) is 0 Å². The smallest absolute Gasteiger partial charge is 0.242 e. The Morgan fingerprint density at radius 2 is 1.70 bits per heavy atom. The van der Waals surface area contributed by atoms with Crippen molar-refractivity contribution in [3.05, 3.63) is 34.9 Å². The summed E-state index contributed by atoms with van der Waals surface area (Å²) in [6, 6.07) is 3.46. The Hall–Kier alpha value is -0.880. The molecule has 0 amide bonds. The molecule has 1 aromatic rings. The van der Waals surface area contributed by atoms with Gasteiger partial charge in [-0.25, -0.2) is 8.93 Å². The van der Waals surface area contributed by atoms with E-state index < -0.39 is 33.5 Å². The van der Waals surface area contributed by atoms with E-state index in [9.17, 15) is 17.4 Å². The molecule has 0 bridgehead atoms. The zero-order valence-electron chi connectivity index (χ0n) is 12.3. The van der Waals surface area contributed by atoms with Crippen molar-refractivity contribution in [2.24, 2.45) is 0 Å². The first-order valence-corrected chi connectivity index (χ1v) is 7.43. The molecular weight excluding hydrogens is 287 g/mol. The lowest BCUT2D eigenvalue weighted by molar-refractivity contribution is -0.137. The fourth-order valence-corrected chi connectivity index (χ4v) is 2.44. The topological polar surface area (TPSA) is 29.1 Å². The van der Waals surface area contributed by atoms with Crippen molar-refractivity contribution in [1.29, 1.82) is 0 Å². The number of aryl methyl sites for hydroxylation is 1. The second-order valence-electron chi connectivity index (χ2n) is 5.85. The third-order valence-corrected chi connectivity index (χ3v) is 4.45. The molecule has 1 N–H and O–H groups in total. The van der Waals surface area contributed by atoms with Crippen molar-refractivity contribution in [3.8, 4) is 0 Å². The lowest BCUT2D eigenvalue weighted by Crippen LogP contribution is -2.34. The fraction of sp³-hybridized carbons (Fsp3) is 0.571. The van der Waals surface area contributed by atoms with Crippen LogP contribution in [0.2, 0.25) is 0 Å². The molecule has 1 rings (SSSR count). The number of hydrogen-bond acceptors (Lipinski definition) is 1. The normalized spacial score (nSPS) is 16.0. The van der Waals surface area contributed by atoms with Gasteiger partial charge in [0.15, 0.2) is 0 Å². The van der Waals surface area contributed by atoms with Gasteiger partial charge in [-0.15, -0.1) is 0 Å². The SMILES string of the molecule is Cc1cc([C@@H](C)NS(=O)C(C)(C)C)cc(C(F)(F)F)c1. The van der Waals surface area contributed by atoms with Crippen LogP contribution in [-0.4, -0.2) is 8.96 Å². The summed E-state index contributed by atoms with van der Waals surface area (Å²) in [6.45, 7) is 8.74. The highest BCUT2D eigenvalue weighted by Gasteiger charge is 2.31. The van der Waals surface area contributed by atoms with Crippen molar-refractivity contribution >= 4 is 11.0 Å². The van der Waals surface area contributed by atoms with Gasteiger partial charge in [-0.1, -0.05) is 11.6 Å². The maximum absolute atomic E-state index is 12.8. The van der Waals surface area contributed by atoms with Gasteiger partial charge in [0.05, 0.1) is 21.3 Å². The van der Waals surface area contributed by atoms with Crippen LogP contribution in [0.15, 0.2) is 18.2 Å². The molecule has 0 aliphatic heterocycles. The Balaban J connectivity index is 3.02. The van der Waals surface area contributed by atoms with Gasteiger partial charge in [0.1, 0.15) is 0 Å². The number of halogens is 3. The molecule has 0 fully saturated rings. The molecule has 20 heavy (non-hydrogen) atoms. The summed E-state index contributed by atoms with van der Waals surface area (Å²) < 4.78 is 52.7. The van der Waals surface area contributed by atoms with E-state index in [1.807, 2.05) is 0 Å². The quantitative estimate of drug-likeness (QED) is 0.894. The van der Waals surface area contributed by atoms with E-state index in [1.165, 1.54) is 0 Å². The summed E-state index contributed by atoms with van der Waals surface area (Å²) in [7, 11) is -1.33. The van der Waals surface area contributed by atoms with Crippen LogP contribution in [0.25, 0.3) is 0 Å². The van der Waals surface area contributed by atoms with Gasteiger partial charge in [-0.05, 0) is 52.3 Å². The van der Waals surface area contributed by atoms with Crippen molar-refractivity contribution < 1.29 is 17.4 Å². The van der Waals surface area contributed by atoms with Gasteiger partial charge in [0.2, 0.25) is 0 Å². The lowest BCUT2D eigenvalue weighted by atomic mass is 10.0. The Morgan fingerprint density at radius 1 is 1.15 bits per heavy atom. The largest absolute Gasteiger partial charge is 0.416 e. The van der Waals surface area contributed by atoms with Crippen LogP contribution in [0.5, 0.6) is 0 Å². The second kappa shape index (κ2) is 5.85. The molecule has 0 saturated carbocycles. The monoisotopic (exact) mass is 307 g/mol. The molecule has 2 atom stereocenters. The highest BCUT2D eigenvalue weighted by molar-refractivity contribution is 7.84. The zero-order chi connectivity index (χ0) is 15.7. The second-order valence-corrected chi connectivity index (χ2v) is 7.85. The van der Waals surface area contributed by atoms with Crippen LogP contribution in [0.4, 0.5) is 13.2 Å². The molecule has 0 aromatic heterocycles. The zero-order valence-corrected chi connectivity index (χ0v) is 13.1. The Morgan fingerprint density at radius 3 is 2.15 bits per heavy atom. The third kappa shape index (κ3) is 4.59. The maximum Gasteiger partial charge on any atom is 0.416 e. The van der Waals surface area contributed by atoms with Gasteiger partial charge < -0.3 is 0 Å². The standard InChI is InChI=1S/C14H20F3NOS/c1-9-6-11(8-12(7-9)14(15,16)17)10(2)18-20(19)13(3,4)5/h6-8,10,18H,1-5H3/t10-,20?/m1/s1. The van der Waals surface area contributed by atoms with E-state index in [1.54, 1.807) is 40.7 Å². The van der Waals surface area contributed by atoms with Crippen LogP contribution in [0.1, 0.15) is 50.4 Å². The molecule has 0 aliphatic carbocycles. The number of alkyl halides is 3. The van der Waals surface area contributed by atoms with Gasteiger partial charge in [-0.3, -0.25) is 0 Å². The van der Waals surface area contributed by atoms with Gasteiger partial charge >= 0.3 is 6.18 Å². The van der Waals surface area contributed by atoms with Crippen LogP contribution in [-0.2, 0) is 17.2 Å². The minimum absolute atomic E-state index is 0.420. The van der Waals surface area contributed by atoms with E-state index in [4.69, 9.17) is 0 Å². The molecule has 0 aliphatic rings. The van der Waals surface area contributed by atoms with Gasteiger partial charge in [-0.2, -0.15) is 13.2 Å². The maximum atomic E-state index is 12.8. The summed E-state index contributed by atoms with van der Waals surface area (Å²) in [4.78, 5) is 0. The van der Waals surface area contributed by atoms with Gasteiger partial charge in [0, 0.05) is 6.04 Å². The summed E-state index contributed by atoms with van der Waals surface area (Å²) in [5.41, 5.74) is 0.336. The van der Waals surface area contributed by atoms with E-state index in [0.29, 0.717) is 11.1 Å². The molecule has 0 saturated heterocycles. The Bertz CT molecular complexity index is 506. The predicted molar refractivity (Wildman–Crippen MR) is 75.6 cm³/mol. The highest BCUT2D eigenvalue weighted by Crippen LogP contribution is 2.32. The molecule has 2 nitrogen and oxygen atoms in total. The molecular formula is C14H20F3NOS. The van der Waals surface area contributed by atoms with Crippen LogP contribution in [0, 0.1) is 6.92 Å². The van der Waals surface area contributed by atoms with Crippen LogP contribution < -0.4 is 4.72 Å². The predicted octanol–water partition coefficient (Wildman–Crippen LogP) is 4.13. The Labute approximate surface area is 120 Å². The number of rotatable bonds is 3. The molecule has 0 radical (unpaired) electrons. The molecule has 114 valence electrons. The van der Waals surface area contributed by atoms with Gasteiger partial charge in [0.25, 0.3) is 0 Å². The van der Waals surface area contributed by atoms with Crippen molar-refractivity contribution in [1.82, 2.24) is 4.72 Å². The lowest BCUT2D eigenvalue weighted by Gasteiger charge is -2.23. The third-order valence-electron chi connectivity index (χ3n) is 2.77. The molecule has 0 heterocycles. The summed E-state index contributed by atoms with van der Waals surface area (Å²) in [6.07, 6.45) is -4.37. The molecule has 0 spiro atoms. The summed E-state index contributed by atoms with van der Waals surface area (Å²) >= 11 is 0. The Kier molecular flexibility index (Phi) is 5.03. The average molecular weight is 307 g/mol. The minimum atomic E-state index is -4.37. The molecule has 6 heteroatoms. The fourth-order valence-electron chi connectivity index (χ4n) is 1.63. The number of benzene rings is 1. The number of hydrogen-bond donors (Lipinski definition) is 1. The van der Waals surface area contributed by atoms with Crippen LogP contribution >= 0.6 is 0 Å². The van der Waals surface area contributed by atoms with E-state index >= 15 is 0 Å². The van der Waals surface area contributed by atoms with E-state index in [2.05, 4.69) is 4.72 Å². The van der Waals surface area contributed by atoms with Crippen LogP contribution in [0.3, 0.4) is 0 Å². The molecule has 1 aromatic carbocycles. The highest BCUT2D eigenvalue weighted by atomic mass is 32.2. The number of nitrogens with one attached hydrogen (secondary N) is 1. The first-order chi connectivity index (χ1) is 8.91. The van der Waals surface area contributed by atoms with Crippen molar-refractivity contribution in [3.63, 3.8) is 0 Å². The summed E-state index contributed by atoms with van der Waals surface area (Å²) in [5.74, 6) is 0. The first-order valence-electron chi connectivity index (χ1n) is 6.28. The van der Waals surface area contributed by atoms with Crippen molar-refractivity contribution in [2.75, 3.05) is 0 Å². The molecule has 1 unspecified atom stereocenters. The summed E-state index contributed by atoms with van der Waals surface area (Å²) in [5, 5.41) is 0.